The second-order valence-electron chi connectivity index (χ2n) is 5.40. The molecule has 0 spiro atoms. The predicted octanol–water partition coefficient (Wildman–Crippen LogP) is 2.81. The van der Waals surface area contributed by atoms with E-state index in [0.29, 0.717) is 11.5 Å². The third-order valence-electron chi connectivity index (χ3n) is 3.37. The Morgan fingerprint density at radius 1 is 1.50 bits per heavy atom. The van der Waals surface area contributed by atoms with Crippen LogP contribution in [0.15, 0.2) is 0 Å². The first kappa shape index (κ1) is 11.6. The van der Waals surface area contributed by atoms with Crippen LogP contribution in [0.25, 0.3) is 0 Å². The topological polar surface area (TPSA) is 12.0 Å². The van der Waals surface area contributed by atoms with E-state index in [1.54, 1.807) is 0 Å². The van der Waals surface area contributed by atoms with Crippen molar-refractivity contribution in [2.75, 3.05) is 6.54 Å². The average molecular weight is 193 g/mol. The van der Waals surface area contributed by atoms with Crippen molar-refractivity contribution in [2.45, 2.75) is 52.5 Å². The molecule has 0 aromatic rings. The van der Waals surface area contributed by atoms with Crippen LogP contribution in [0, 0.1) is 23.7 Å². The lowest BCUT2D eigenvalue weighted by Gasteiger charge is -2.39. The van der Waals surface area contributed by atoms with Crippen LogP contribution in [0.5, 0.6) is 0 Å². The molecule has 1 aliphatic rings. The lowest BCUT2D eigenvalue weighted by atomic mass is 9.70. The zero-order chi connectivity index (χ0) is 10.6. The van der Waals surface area contributed by atoms with E-state index in [1.807, 2.05) is 0 Å². The minimum absolute atomic E-state index is 0.545. The van der Waals surface area contributed by atoms with Crippen molar-refractivity contribution in [3.05, 3.63) is 0 Å². The molecule has 0 aliphatic heterocycles. The van der Waals surface area contributed by atoms with Gasteiger partial charge in [-0.2, -0.15) is 0 Å². The first-order chi connectivity index (χ1) is 6.55. The maximum Gasteiger partial charge on any atom is 0.0212 e. The average Bonchev–Trinajstić information content (AvgIpc) is 2.08. The van der Waals surface area contributed by atoms with Gasteiger partial charge >= 0.3 is 0 Å². The van der Waals surface area contributed by atoms with E-state index >= 15 is 0 Å². The SMILES string of the molecule is C#CCCNC1CCC(C)(C)CC1C. The number of hydrogen-bond donors (Lipinski definition) is 1. The molecule has 1 saturated carbocycles. The molecule has 0 amide bonds. The van der Waals surface area contributed by atoms with Crippen molar-refractivity contribution in [1.29, 1.82) is 0 Å². The molecule has 1 N–H and O–H groups in total. The molecule has 0 saturated heterocycles. The minimum atomic E-state index is 0.545. The van der Waals surface area contributed by atoms with Gasteiger partial charge in [0.25, 0.3) is 0 Å². The van der Waals surface area contributed by atoms with Gasteiger partial charge in [0.2, 0.25) is 0 Å². The Hall–Kier alpha value is -0.480. The van der Waals surface area contributed by atoms with E-state index in [1.165, 1.54) is 19.3 Å². The van der Waals surface area contributed by atoms with Crippen LogP contribution in [0.3, 0.4) is 0 Å². The van der Waals surface area contributed by atoms with Gasteiger partial charge in [-0.1, -0.05) is 20.8 Å². The zero-order valence-corrected chi connectivity index (χ0v) is 9.77. The van der Waals surface area contributed by atoms with Crippen molar-refractivity contribution in [2.24, 2.45) is 11.3 Å². The smallest absolute Gasteiger partial charge is 0.0212 e. The highest BCUT2D eigenvalue weighted by Gasteiger charge is 2.31. The highest BCUT2D eigenvalue weighted by molar-refractivity contribution is 4.89. The summed E-state index contributed by atoms with van der Waals surface area (Å²) in [6.07, 6.45) is 10.1. The molecule has 2 unspecified atom stereocenters. The molecule has 0 radical (unpaired) electrons. The third kappa shape index (κ3) is 3.35. The molecule has 80 valence electrons. The van der Waals surface area contributed by atoms with Crippen molar-refractivity contribution >= 4 is 0 Å². The molecular formula is C13H23N. The standard InChI is InChI=1S/C13H23N/c1-5-6-9-14-12-7-8-13(3,4)10-11(12)2/h1,11-12,14H,6-10H2,2-4H3. The van der Waals surface area contributed by atoms with Gasteiger partial charge in [0.1, 0.15) is 0 Å². The van der Waals surface area contributed by atoms with Crippen LogP contribution in [0.4, 0.5) is 0 Å². The first-order valence-electron chi connectivity index (χ1n) is 5.72. The highest BCUT2D eigenvalue weighted by atomic mass is 14.9. The Bertz CT molecular complexity index is 212. The molecule has 0 aromatic heterocycles. The molecule has 1 heteroatoms. The van der Waals surface area contributed by atoms with Crippen molar-refractivity contribution < 1.29 is 0 Å². The van der Waals surface area contributed by atoms with Gasteiger partial charge in [0.05, 0.1) is 0 Å². The fourth-order valence-electron chi connectivity index (χ4n) is 2.58. The molecule has 1 aliphatic carbocycles. The Balaban J connectivity index is 2.32. The predicted molar refractivity (Wildman–Crippen MR) is 62.0 cm³/mol. The van der Waals surface area contributed by atoms with Gasteiger partial charge in [-0.3, -0.25) is 0 Å². The van der Waals surface area contributed by atoms with Crippen LogP contribution in [-0.2, 0) is 0 Å². The molecule has 0 heterocycles. The second kappa shape index (κ2) is 4.84. The second-order valence-corrected chi connectivity index (χ2v) is 5.40. The van der Waals surface area contributed by atoms with E-state index in [9.17, 15) is 0 Å². The fourth-order valence-corrected chi connectivity index (χ4v) is 2.58. The van der Waals surface area contributed by atoms with E-state index in [4.69, 9.17) is 6.42 Å². The van der Waals surface area contributed by atoms with Crippen molar-refractivity contribution in [3.63, 3.8) is 0 Å². The van der Waals surface area contributed by atoms with E-state index < -0.39 is 0 Å². The normalized spacial score (nSPS) is 31.0. The summed E-state index contributed by atoms with van der Waals surface area (Å²) < 4.78 is 0. The molecule has 0 aromatic carbocycles. The van der Waals surface area contributed by atoms with Gasteiger partial charge in [-0.05, 0) is 30.6 Å². The van der Waals surface area contributed by atoms with E-state index in [2.05, 4.69) is 32.0 Å². The summed E-state index contributed by atoms with van der Waals surface area (Å²) in [5.41, 5.74) is 0.545. The Morgan fingerprint density at radius 3 is 2.79 bits per heavy atom. The van der Waals surface area contributed by atoms with Crippen LogP contribution in [-0.4, -0.2) is 12.6 Å². The maximum absolute atomic E-state index is 5.23. The molecule has 14 heavy (non-hydrogen) atoms. The molecule has 1 rings (SSSR count). The van der Waals surface area contributed by atoms with Gasteiger partial charge in [0.15, 0.2) is 0 Å². The lowest BCUT2D eigenvalue weighted by molar-refractivity contribution is 0.150. The number of terminal acetylenes is 1. The Labute approximate surface area is 88.7 Å². The summed E-state index contributed by atoms with van der Waals surface area (Å²) in [7, 11) is 0. The van der Waals surface area contributed by atoms with Gasteiger partial charge in [-0.25, -0.2) is 0 Å². The zero-order valence-electron chi connectivity index (χ0n) is 9.77. The minimum Gasteiger partial charge on any atom is -0.313 e. The van der Waals surface area contributed by atoms with Crippen LogP contribution < -0.4 is 5.32 Å². The summed E-state index contributed by atoms with van der Waals surface area (Å²) in [4.78, 5) is 0. The summed E-state index contributed by atoms with van der Waals surface area (Å²) >= 11 is 0. The number of nitrogens with one attached hydrogen (secondary N) is 1. The van der Waals surface area contributed by atoms with E-state index in [-0.39, 0.29) is 0 Å². The fraction of sp³-hybridized carbons (Fsp3) is 0.846. The Kier molecular flexibility index (Phi) is 4.01. The molecule has 2 atom stereocenters. The molecular weight excluding hydrogens is 170 g/mol. The molecule has 1 fully saturated rings. The lowest BCUT2D eigenvalue weighted by Crippen LogP contribution is -2.41. The Morgan fingerprint density at radius 2 is 2.21 bits per heavy atom. The van der Waals surface area contributed by atoms with Crippen LogP contribution in [0.2, 0.25) is 0 Å². The third-order valence-corrected chi connectivity index (χ3v) is 3.37. The van der Waals surface area contributed by atoms with Crippen molar-refractivity contribution in [3.8, 4) is 12.3 Å². The summed E-state index contributed by atoms with van der Waals surface area (Å²) in [5.74, 6) is 3.46. The summed E-state index contributed by atoms with van der Waals surface area (Å²) in [6, 6.07) is 0.691. The van der Waals surface area contributed by atoms with Gasteiger partial charge in [0, 0.05) is 19.0 Å². The highest BCUT2D eigenvalue weighted by Crippen LogP contribution is 2.38. The quantitative estimate of drug-likeness (QED) is 0.537. The maximum atomic E-state index is 5.23. The first-order valence-corrected chi connectivity index (χ1v) is 5.72. The molecule has 1 nitrogen and oxygen atoms in total. The number of rotatable bonds is 3. The van der Waals surface area contributed by atoms with E-state index in [0.717, 1.165) is 18.9 Å². The van der Waals surface area contributed by atoms with Crippen molar-refractivity contribution in [1.82, 2.24) is 5.32 Å². The van der Waals surface area contributed by atoms with Crippen LogP contribution in [0.1, 0.15) is 46.5 Å². The largest absolute Gasteiger partial charge is 0.313 e. The summed E-state index contributed by atoms with van der Waals surface area (Å²) in [6.45, 7) is 8.09. The number of hydrogen-bond acceptors (Lipinski definition) is 1. The monoisotopic (exact) mass is 193 g/mol. The summed E-state index contributed by atoms with van der Waals surface area (Å²) in [5, 5.41) is 3.57. The van der Waals surface area contributed by atoms with Crippen LogP contribution >= 0.6 is 0 Å². The molecule has 0 bridgehead atoms. The van der Waals surface area contributed by atoms with Gasteiger partial charge in [-0.15, -0.1) is 12.3 Å². The van der Waals surface area contributed by atoms with Gasteiger partial charge < -0.3 is 5.32 Å².